The van der Waals surface area contributed by atoms with Gasteiger partial charge in [-0.15, -0.1) is 11.3 Å². The van der Waals surface area contributed by atoms with E-state index in [4.69, 9.17) is 17.3 Å². The Morgan fingerprint density at radius 3 is 2.70 bits per heavy atom. The van der Waals surface area contributed by atoms with Crippen LogP contribution < -0.4 is 11.1 Å². The third-order valence-electron chi connectivity index (χ3n) is 3.72. The number of hydrogen-bond donors (Lipinski definition) is 2. The highest BCUT2D eigenvalue weighted by Gasteiger charge is 2.20. The average Bonchev–Trinajstić information content (AvgIpc) is 2.88. The normalized spacial score (nSPS) is 10.9. The van der Waals surface area contributed by atoms with Crippen LogP contribution in [0.25, 0.3) is 10.2 Å². The lowest BCUT2D eigenvalue weighted by atomic mass is 10.1. The van der Waals surface area contributed by atoms with E-state index >= 15 is 0 Å². The first kappa shape index (κ1) is 15.8. The molecule has 1 amide bonds. The molecule has 6 heteroatoms. The second-order valence-corrected chi connectivity index (χ2v) is 6.71. The maximum absolute atomic E-state index is 12.4. The summed E-state index contributed by atoms with van der Waals surface area (Å²) in [6, 6.07) is 9.74. The number of pyridine rings is 1. The van der Waals surface area contributed by atoms with E-state index in [1.807, 2.05) is 44.2 Å². The third-order valence-corrected chi connectivity index (χ3v) is 5.37. The minimum atomic E-state index is -0.192. The van der Waals surface area contributed by atoms with Gasteiger partial charge in [-0.2, -0.15) is 0 Å². The van der Waals surface area contributed by atoms with Gasteiger partial charge in [0.15, 0.2) is 0 Å². The van der Waals surface area contributed by atoms with Crippen molar-refractivity contribution in [3.05, 3.63) is 57.1 Å². The molecule has 2 aromatic heterocycles. The number of thiophene rings is 1. The number of benzene rings is 1. The summed E-state index contributed by atoms with van der Waals surface area (Å²) in [5, 5.41) is 4.27. The van der Waals surface area contributed by atoms with Gasteiger partial charge in [-0.1, -0.05) is 41.9 Å². The number of nitrogen functional groups attached to an aromatic ring is 1. The zero-order chi connectivity index (χ0) is 16.6. The van der Waals surface area contributed by atoms with E-state index in [2.05, 4.69) is 10.3 Å². The largest absolute Gasteiger partial charge is 0.397 e. The van der Waals surface area contributed by atoms with Gasteiger partial charge in [0.25, 0.3) is 5.91 Å². The van der Waals surface area contributed by atoms with Crippen LogP contribution in [0.15, 0.2) is 30.3 Å². The van der Waals surface area contributed by atoms with Crippen molar-refractivity contribution >= 4 is 44.7 Å². The van der Waals surface area contributed by atoms with Crippen LogP contribution in [-0.4, -0.2) is 10.9 Å². The molecule has 1 aromatic carbocycles. The molecular formula is C17H16ClN3OS. The number of anilines is 1. The van der Waals surface area contributed by atoms with Crippen LogP contribution in [0.3, 0.4) is 0 Å². The zero-order valence-electron chi connectivity index (χ0n) is 12.8. The second kappa shape index (κ2) is 6.18. The van der Waals surface area contributed by atoms with Gasteiger partial charge < -0.3 is 11.1 Å². The molecular weight excluding hydrogens is 330 g/mol. The molecule has 0 bridgehead atoms. The Bertz CT molecular complexity index is 890. The fourth-order valence-corrected chi connectivity index (χ4v) is 3.74. The molecule has 3 rings (SSSR count). The second-order valence-electron chi connectivity index (χ2n) is 5.33. The van der Waals surface area contributed by atoms with E-state index < -0.39 is 0 Å². The average molecular weight is 346 g/mol. The van der Waals surface area contributed by atoms with Crippen molar-refractivity contribution in [2.24, 2.45) is 0 Å². The summed E-state index contributed by atoms with van der Waals surface area (Å²) in [6.07, 6.45) is 0. The van der Waals surface area contributed by atoms with Crippen LogP contribution in [0.5, 0.6) is 0 Å². The molecule has 0 unspecified atom stereocenters. The standard InChI is InChI=1S/C17H16ClN3OS/c1-9-12-14(19)15(23-17(12)21-10(2)13(9)18)16(22)20-8-11-6-4-3-5-7-11/h3-7H,8,19H2,1-2H3,(H,20,22). The Morgan fingerprint density at radius 2 is 2.00 bits per heavy atom. The number of aryl methyl sites for hydroxylation is 2. The number of fused-ring (bicyclic) bond motifs is 1. The van der Waals surface area contributed by atoms with Crippen LogP contribution in [0.1, 0.15) is 26.5 Å². The molecule has 2 heterocycles. The van der Waals surface area contributed by atoms with E-state index in [1.165, 1.54) is 11.3 Å². The Kier molecular flexibility index (Phi) is 4.24. The van der Waals surface area contributed by atoms with Crippen LogP contribution in [0.2, 0.25) is 5.02 Å². The maximum atomic E-state index is 12.4. The monoisotopic (exact) mass is 345 g/mol. The SMILES string of the molecule is Cc1nc2sc(C(=O)NCc3ccccc3)c(N)c2c(C)c1Cl. The summed E-state index contributed by atoms with van der Waals surface area (Å²) in [7, 11) is 0. The minimum Gasteiger partial charge on any atom is -0.397 e. The topological polar surface area (TPSA) is 68.0 Å². The number of carbonyl (C=O) groups is 1. The van der Waals surface area contributed by atoms with E-state index in [0.29, 0.717) is 22.1 Å². The maximum Gasteiger partial charge on any atom is 0.263 e. The number of carbonyl (C=O) groups excluding carboxylic acids is 1. The molecule has 0 aliphatic rings. The first-order chi connectivity index (χ1) is 11.0. The number of amides is 1. The first-order valence-corrected chi connectivity index (χ1v) is 8.35. The lowest BCUT2D eigenvalue weighted by Gasteiger charge is -2.05. The number of aromatic nitrogens is 1. The van der Waals surface area contributed by atoms with E-state index in [0.717, 1.165) is 27.0 Å². The van der Waals surface area contributed by atoms with Crippen molar-refractivity contribution in [3.8, 4) is 0 Å². The molecule has 0 spiro atoms. The number of rotatable bonds is 3. The van der Waals surface area contributed by atoms with Crippen LogP contribution in [0.4, 0.5) is 5.69 Å². The third kappa shape index (κ3) is 2.90. The number of hydrogen-bond acceptors (Lipinski definition) is 4. The molecule has 0 radical (unpaired) electrons. The molecule has 118 valence electrons. The lowest BCUT2D eigenvalue weighted by molar-refractivity contribution is 0.0956. The van der Waals surface area contributed by atoms with E-state index in [1.54, 1.807) is 0 Å². The van der Waals surface area contributed by atoms with Crippen molar-refractivity contribution in [1.82, 2.24) is 10.3 Å². The fourth-order valence-electron chi connectivity index (χ4n) is 2.48. The summed E-state index contributed by atoms with van der Waals surface area (Å²) in [5.41, 5.74) is 9.27. The summed E-state index contributed by atoms with van der Waals surface area (Å²) >= 11 is 7.54. The van der Waals surface area contributed by atoms with Gasteiger partial charge in [0.2, 0.25) is 0 Å². The quantitative estimate of drug-likeness (QED) is 0.751. The molecule has 0 saturated heterocycles. The van der Waals surface area contributed by atoms with Gasteiger partial charge in [0.05, 0.1) is 16.4 Å². The Hall–Kier alpha value is -2.11. The zero-order valence-corrected chi connectivity index (χ0v) is 14.4. The predicted molar refractivity (Wildman–Crippen MR) is 96.1 cm³/mol. The Balaban J connectivity index is 1.92. The molecule has 0 aliphatic carbocycles. The molecule has 3 N–H and O–H groups in total. The van der Waals surface area contributed by atoms with Gasteiger partial charge in [0.1, 0.15) is 9.71 Å². The van der Waals surface area contributed by atoms with Crippen LogP contribution in [0, 0.1) is 13.8 Å². The van der Waals surface area contributed by atoms with Crippen molar-refractivity contribution in [2.75, 3.05) is 5.73 Å². The van der Waals surface area contributed by atoms with Crippen LogP contribution >= 0.6 is 22.9 Å². The van der Waals surface area contributed by atoms with Gasteiger partial charge in [-0.25, -0.2) is 4.98 Å². The van der Waals surface area contributed by atoms with Crippen LogP contribution in [-0.2, 0) is 6.54 Å². The highest BCUT2D eigenvalue weighted by Crippen LogP contribution is 2.38. The molecule has 0 fully saturated rings. The molecule has 0 aliphatic heterocycles. The molecule has 0 saturated carbocycles. The number of nitrogens with two attached hydrogens (primary N) is 1. The van der Waals surface area contributed by atoms with Gasteiger partial charge >= 0.3 is 0 Å². The summed E-state index contributed by atoms with van der Waals surface area (Å²) < 4.78 is 0. The smallest absolute Gasteiger partial charge is 0.263 e. The summed E-state index contributed by atoms with van der Waals surface area (Å²) in [6.45, 7) is 4.20. The lowest BCUT2D eigenvalue weighted by Crippen LogP contribution is -2.22. The molecule has 4 nitrogen and oxygen atoms in total. The predicted octanol–water partition coefficient (Wildman–Crippen LogP) is 4.08. The molecule has 23 heavy (non-hydrogen) atoms. The fraction of sp³-hybridized carbons (Fsp3) is 0.176. The Labute approximate surface area is 143 Å². The van der Waals surface area contributed by atoms with Crippen molar-refractivity contribution < 1.29 is 4.79 Å². The highest BCUT2D eigenvalue weighted by molar-refractivity contribution is 7.21. The van der Waals surface area contributed by atoms with Gasteiger partial charge in [-0.05, 0) is 25.0 Å². The number of halogens is 1. The Morgan fingerprint density at radius 1 is 1.30 bits per heavy atom. The highest BCUT2D eigenvalue weighted by atomic mass is 35.5. The summed E-state index contributed by atoms with van der Waals surface area (Å²) in [4.78, 5) is 18.1. The van der Waals surface area contributed by atoms with Gasteiger partial charge in [0, 0.05) is 11.9 Å². The first-order valence-electron chi connectivity index (χ1n) is 7.16. The number of nitrogens with zero attached hydrogens (tertiary/aromatic N) is 1. The number of nitrogens with one attached hydrogen (secondary N) is 1. The molecule has 0 atom stereocenters. The minimum absolute atomic E-state index is 0.192. The van der Waals surface area contributed by atoms with E-state index in [-0.39, 0.29) is 5.91 Å². The summed E-state index contributed by atoms with van der Waals surface area (Å²) in [5.74, 6) is -0.192. The van der Waals surface area contributed by atoms with Crippen molar-refractivity contribution in [1.29, 1.82) is 0 Å². The van der Waals surface area contributed by atoms with Crippen molar-refractivity contribution in [3.63, 3.8) is 0 Å². The van der Waals surface area contributed by atoms with E-state index in [9.17, 15) is 4.79 Å². The van der Waals surface area contributed by atoms with Gasteiger partial charge in [-0.3, -0.25) is 4.79 Å². The molecule has 3 aromatic rings. The van der Waals surface area contributed by atoms with Crippen molar-refractivity contribution in [2.45, 2.75) is 20.4 Å².